The van der Waals surface area contributed by atoms with Gasteiger partial charge in [0.1, 0.15) is 5.60 Å². The fourth-order valence-corrected chi connectivity index (χ4v) is 1.97. The van der Waals surface area contributed by atoms with Crippen molar-refractivity contribution < 1.29 is 9.53 Å². The molecule has 0 aliphatic rings. The number of benzene rings is 2. The van der Waals surface area contributed by atoms with E-state index in [1.807, 2.05) is 51.1 Å². The summed E-state index contributed by atoms with van der Waals surface area (Å²) in [6, 6.07) is 15.1. The Bertz CT molecular complexity index is 646. The molecule has 116 valence electrons. The van der Waals surface area contributed by atoms with Gasteiger partial charge in [-0.1, -0.05) is 30.3 Å². The monoisotopic (exact) mass is 298 g/mol. The predicted molar refractivity (Wildman–Crippen MR) is 89.8 cm³/mol. The summed E-state index contributed by atoms with van der Waals surface area (Å²) in [5.41, 5.74) is 8.41. The van der Waals surface area contributed by atoms with Crippen LogP contribution in [0, 0.1) is 0 Å². The lowest BCUT2D eigenvalue weighted by Gasteiger charge is -2.20. The zero-order valence-electron chi connectivity index (χ0n) is 13.2. The van der Waals surface area contributed by atoms with Gasteiger partial charge in [-0.2, -0.15) is 0 Å². The minimum atomic E-state index is -0.518. The molecular formula is C18H22N2O2. The van der Waals surface area contributed by atoms with Crippen LogP contribution in [0.5, 0.6) is 0 Å². The highest BCUT2D eigenvalue weighted by atomic mass is 16.6. The van der Waals surface area contributed by atoms with E-state index < -0.39 is 5.60 Å². The van der Waals surface area contributed by atoms with E-state index in [0.717, 1.165) is 11.3 Å². The molecule has 0 heterocycles. The highest BCUT2D eigenvalue weighted by Crippen LogP contribution is 2.22. The van der Waals surface area contributed by atoms with Crippen molar-refractivity contribution in [2.45, 2.75) is 32.9 Å². The first-order valence-corrected chi connectivity index (χ1v) is 7.26. The highest BCUT2D eigenvalue weighted by Gasteiger charge is 2.18. The Kier molecular flexibility index (Phi) is 4.71. The van der Waals surface area contributed by atoms with E-state index in [-0.39, 0.29) is 5.97 Å². The van der Waals surface area contributed by atoms with Crippen LogP contribution in [0.2, 0.25) is 0 Å². The molecule has 0 fully saturated rings. The number of carbonyl (C=O) groups excluding carboxylic acids is 1. The van der Waals surface area contributed by atoms with Crippen LogP contribution >= 0.6 is 0 Å². The molecule has 0 atom stereocenters. The molecule has 0 spiro atoms. The fraction of sp³-hybridized carbons (Fsp3) is 0.278. The van der Waals surface area contributed by atoms with Crippen LogP contribution in [0.15, 0.2) is 48.5 Å². The van der Waals surface area contributed by atoms with Crippen LogP contribution in [0.25, 0.3) is 0 Å². The molecule has 0 aromatic heterocycles. The summed E-state index contributed by atoms with van der Waals surface area (Å²) >= 11 is 0. The number of rotatable bonds is 4. The Morgan fingerprint density at radius 2 is 1.82 bits per heavy atom. The summed E-state index contributed by atoms with van der Waals surface area (Å²) in [4.78, 5) is 12.1. The second-order valence-electron chi connectivity index (χ2n) is 6.14. The number of ether oxygens (including phenoxy) is 1. The number of hydrogen-bond acceptors (Lipinski definition) is 4. The van der Waals surface area contributed by atoms with E-state index in [9.17, 15) is 4.79 Å². The topological polar surface area (TPSA) is 64.3 Å². The Morgan fingerprint density at radius 1 is 1.14 bits per heavy atom. The zero-order chi connectivity index (χ0) is 16.2. The highest BCUT2D eigenvalue weighted by molar-refractivity contribution is 5.92. The first-order chi connectivity index (χ1) is 10.3. The first-order valence-electron chi connectivity index (χ1n) is 7.26. The fourth-order valence-electron chi connectivity index (χ4n) is 1.97. The lowest BCUT2D eigenvalue weighted by molar-refractivity contribution is 0.00696. The van der Waals surface area contributed by atoms with Gasteiger partial charge in [-0.05, 0) is 44.5 Å². The van der Waals surface area contributed by atoms with Crippen molar-refractivity contribution in [3.05, 3.63) is 59.7 Å². The number of hydrogen-bond donors (Lipinski definition) is 2. The van der Waals surface area contributed by atoms with E-state index in [4.69, 9.17) is 10.5 Å². The molecule has 3 N–H and O–H groups in total. The van der Waals surface area contributed by atoms with Gasteiger partial charge in [0, 0.05) is 6.54 Å². The standard InChI is InChI=1S/C18H22N2O2/c1-18(2,3)22-17(21)14-9-10-15(19)16(11-14)20-12-13-7-5-4-6-8-13/h4-11,20H,12,19H2,1-3H3. The first kappa shape index (κ1) is 15.9. The smallest absolute Gasteiger partial charge is 0.338 e. The van der Waals surface area contributed by atoms with Crippen molar-refractivity contribution in [2.24, 2.45) is 0 Å². The quantitative estimate of drug-likeness (QED) is 0.665. The van der Waals surface area contributed by atoms with Crippen LogP contribution in [0.1, 0.15) is 36.7 Å². The SMILES string of the molecule is CC(C)(C)OC(=O)c1ccc(N)c(NCc2ccccc2)c1. The van der Waals surface area contributed by atoms with Gasteiger partial charge in [0.15, 0.2) is 0 Å². The molecule has 0 radical (unpaired) electrons. The Morgan fingerprint density at radius 3 is 2.45 bits per heavy atom. The number of nitrogen functional groups attached to an aromatic ring is 1. The van der Waals surface area contributed by atoms with Crippen molar-refractivity contribution in [3.8, 4) is 0 Å². The van der Waals surface area contributed by atoms with E-state index in [1.165, 1.54) is 0 Å². The molecular weight excluding hydrogens is 276 g/mol. The summed E-state index contributed by atoms with van der Waals surface area (Å²) in [5, 5.41) is 3.25. The molecule has 2 aromatic rings. The molecule has 4 nitrogen and oxygen atoms in total. The molecule has 0 saturated carbocycles. The average molecular weight is 298 g/mol. The van der Waals surface area contributed by atoms with E-state index in [1.54, 1.807) is 18.2 Å². The Labute approximate surface area is 131 Å². The number of nitrogens with two attached hydrogens (primary N) is 1. The van der Waals surface area contributed by atoms with E-state index in [0.29, 0.717) is 17.8 Å². The number of anilines is 2. The van der Waals surface area contributed by atoms with Crippen molar-refractivity contribution in [2.75, 3.05) is 11.1 Å². The molecule has 2 aromatic carbocycles. The third kappa shape index (κ3) is 4.52. The molecule has 22 heavy (non-hydrogen) atoms. The lowest BCUT2D eigenvalue weighted by Crippen LogP contribution is -2.24. The van der Waals surface area contributed by atoms with Crippen LogP contribution < -0.4 is 11.1 Å². The maximum Gasteiger partial charge on any atom is 0.338 e. The maximum absolute atomic E-state index is 12.1. The minimum Gasteiger partial charge on any atom is -0.456 e. The summed E-state index contributed by atoms with van der Waals surface area (Å²) < 4.78 is 5.37. The predicted octanol–water partition coefficient (Wildman–Crippen LogP) is 3.84. The summed E-state index contributed by atoms with van der Waals surface area (Å²) in [6.45, 7) is 6.17. The molecule has 0 aliphatic heterocycles. The van der Waals surface area contributed by atoms with Crippen molar-refractivity contribution in [3.63, 3.8) is 0 Å². The number of carbonyl (C=O) groups is 1. The third-order valence-corrected chi connectivity index (χ3v) is 3.01. The van der Waals surface area contributed by atoms with Gasteiger partial charge in [0.05, 0.1) is 16.9 Å². The second-order valence-corrected chi connectivity index (χ2v) is 6.14. The van der Waals surface area contributed by atoms with Crippen molar-refractivity contribution in [1.82, 2.24) is 0 Å². The molecule has 4 heteroatoms. The molecule has 0 amide bonds. The normalized spacial score (nSPS) is 11.0. The molecule has 0 saturated heterocycles. The van der Waals surface area contributed by atoms with Gasteiger partial charge in [-0.25, -0.2) is 4.79 Å². The van der Waals surface area contributed by atoms with E-state index in [2.05, 4.69) is 5.32 Å². The largest absolute Gasteiger partial charge is 0.456 e. The van der Waals surface area contributed by atoms with Crippen LogP contribution in [0.4, 0.5) is 11.4 Å². The zero-order valence-corrected chi connectivity index (χ0v) is 13.2. The maximum atomic E-state index is 12.1. The van der Waals surface area contributed by atoms with Crippen LogP contribution in [-0.4, -0.2) is 11.6 Å². The summed E-state index contributed by atoms with van der Waals surface area (Å²) in [5.74, 6) is -0.352. The molecule has 2 rings (SSSR count). The lowest BCUT2D eigenvalue weighted by atomic mass is 10.1. The summed E-state index contributed by atoms with van der Waals surface area (Å²) in [6.07, 6.45) is 0. The number of esters is 1. The van der Waals surface area contributed by atoms with Crippen LogP contribution in [-0.2, 0) is 11.3 Å². The molecule has 0 bridgehead atoms. The van der Waals surface area contributed by atoms with Gasteiger partial charge in [-0.15, -0.1) is 0 Å². The molecule has 0 aliphatic carbocycles. The van der Waals surface area contributed by atoms with Crippen molar-refractivity contribution in [1.29, 1.82) is 0 Å². The Balaban J connectivity index is 2.11. The summed E-state index contributed by atoms with van der Waals surface area (Å²) in [7, 11) is 0. The van der Waals surface area contributed by atoms with Gasteiger partial charge in [-0.3, -0.25) is 0 Å². The van der Waals surface area contributed by atoms with Crippen molar-refractivity contribution >= 4 is 17.3 Å². The third-order valence-electron chi connectivity index (χ3n) is 3.01. The van der Waals surface area contributed by atoms with Crippen LogP contribution in [0.3, 0.4) is 0 Å². The van der Waals surface area contributed by atoms with Gasteiger partial charge in [0.2, 0.25) is 0 Å². The molecule has 0 unspecified atom stereocenters. The minimum absolute atomic E-state index is 0.352. The second kappa shape index (κ2) is 6.52. The van der Waals surface area contributed by atoms with Gasteiger partial charge >= 0.3 is 5.97 Å². The Hall–Kier alpha value is -2.49. The van der Waals surface area contributed by atoms with E-state index >= 15 is 0 Å². The number of nitrogens with one attached hydrogen (secondary N) is 1. The van der Waals surface area contributed by atoms with Gasteiger partial charge < -0.3 is 15.8 Å². The average Bonchev–Trinajstić information content (AvgIpc) is 2.45. The van der Waals surface area contributed by atoms with Gasteiger partial charge in [0.25, 0.3) is 0 Å².